The molecule has 1 fully saturated rings. The Bertz CT molecular complexity index is 1080. The molecule has 0 unspecified atom stereocenters. The molecule has 5 rings (SSSR count). The molecule has 30 heavy (non-hydrogen) atoms. The van der Waals surface area contributed by atoms with E-state index in [1.54, 1.807) is 6.20 Å². The summed E-state index contributed by atoms with van der Waals surface area (Å²) in [7, 11) is 0. The molecule has 1 saturated heterocycles. The minimum Gasteiger partial charge on any atom is -0.454 e. The fraction of sp³-hybridized carbons (Fsp3) is 0.364. The van der Waals surface area contributed by atoms with Crippen LogP contribution in [0.2, 0.25) is 5.02 Å². The number of halogens is 1. The number of aryl methyl sites for hydroxylation is 1. The van der Waals surface area contributed by atoms with Gasteiger partial charge in [-0.15, -0.1) is 0 Å². The Kier molecular flexibility index (Phi) is 5.23. The number of piperazine rings is 1. The van der Waals surface area contributed by atoms with Crippen molar-refractivity contribution in [3.05, 3.63) is 53.2 Å². The molecule has 3 aromatic rings. The Morgan fingerprint density at radius 2 is 1.87 bits per heavy atom. The molecule has 0 radical (unpaired) electrons. The predicted molar refractivity (Wildman–Crippen MR) is 114 cm³/mol. The third-order valence-electron chi connectivity index (χ3n) is 5.71. The van der Waals surface area contributed by atoms with Gasteiger partial charge in [-0.2, -0.15) is 5.10 Å². The molecule has 0 N–H and O–H groups in total. The maximum Gasteiger partial charge on any atom is 0.231 e. The fourth-order valence-electron chi connectivity index (χ4n) is 4.05. The number of amides is 1. The van der Waals surface area contributed by atoms with E-state index in [0.717, 1.165) is 55.1 Å². The van der Waals surface area contributed by atoms with Crippen LogP contribution in [-0.2, 0) is 17.9 Å². The van der Waals surface area contributed by atoms with Crippen LogP contribution in [0.4, 0.5) is 0 Å². The van der Waals surface area contributed by atoms with Gasteiger partial charge in [0.1, 0.15) is 0 Å². The van der Waals surface area contributed by atoms with E-state index in [1.807, 2.05) is 39.9 Å². The largest absolute Gasteiger partial charge is 0.454 e. The van der Waals surface area contributed by atoms with Crippen LogP contribution < -0.4 is 9.47 Å². The first-order chi connectivity index (χ1) is 14.7. The lowest BCUT2D eigenvalue weighted by Crippen LogP contribution is -2.48. The maximum absolute atomic E-state index is 12.7. The molecule has 2 aliphatic rings. The highest BCUT2D eigenvalue weighted by atomic mass is 35.5. The number of fused-ring (bicyclic) bond motifs is 2. The molecular weight excluding hydrogens is 404 g/mol. The highest BCUT2D eigenvalue weighted by Crippen LogP contribution is 2.32. The minimum atomic E-state index is 0.176. The van der Waals surface area contributed by atoms with Crippen molar-refractivity contribution in [2.75, 3.05) is 33.0 Å². The molecule has 1 amide bonds. The summed E-state index contributed by atoms with van der Waals surface area (Å²) in [4.78, 5) is 17.0. The number of carbonyl (C=O) groups excluding carboxylic acids is 1. The SMILES string of the molecule is O=C(CCn1ncc2cc(Cl)ccc21)N1CCN(Cc2ccc3c(c2)OCO3)CC1. The second-order valence-electron chi connectivity index (χ2n) is 7.67. The zero-order chi connectivity index (χ0) is 20.5. The van der Waals surface area contributed by atoms with Crippen LogP contribution in [0.25, 0.3) is 10.9 Å². The van der Waals surface area contributed by atoms with Gasteiger partial charge < -0.3 is 14.4 Å². The molecule has 3 heterocycles. The minimum absolute atomic E-state index is 0.176. The molecule has 0 atom stereocenters. The molecule has 1 aromatic heterocycles. The van der Waals surface area contributed by atoms with Crippen molar-refractivity contribution < 1.29 is 14.3 Å². The van der Waals surface area contributed by atoms with Gasteiger partial charge in [0.05, 0.1) is 18.3 Å². The van der Waals surface area contributed by atoms with Gasteiger partial charge in [-0.1, -0.05) is 17.7 Å². The van der Waals surface area contributed by atoms with Gasteiger partial charge in [0.2, 0.25) is 12.7 Å². The summed E-state index contributed by atoms with van der Waals surface area (Å²) >= 11 is 6.03. The molecule has 0 spiro atoms. The monoisotopic (exact) mass is 426 g/mol. The number of benzene rings is 2. The average Bonchev–Trinajstić information content (AvgIpc) is 3.38. The molecule has 2 aromatic carbocycles. The van der Waals surface area contributed by atoms with E-state index in [4.69, 9.17) is 21.1 Å². The number of rotatable bonds is 5. The van der Waals surface area contributed by atoms with Crippen LogP contribution in [-0.4, -0.2) is 58.5 Å². The standard InChI is InChI=1S/C22H23ClN4O3/c23-18-2-3-19-17(12-18)13-24-27(19)6-5-22(28)26-9-7-25(8-10-26)14-16-1-4-20-21(11-16)30-15-29-20/h1-4,11-13H,5-10,14-15H2. The Morgan fingerprint density at radius 1 is 1.03 bits per heavy atom. The fourth-order valence-corrected chi connectivity index (χ4v) is 4.23. The topological polar surface area (TPSA) is 59.8 Å². The molecule has 0 saturated carbocycles. The van der Waals surface area contributed by atoms with Crippen molar-refractivity contribution in [1.82, 2.24) is 19.6 Å². The van der Waals surface area contributed by atoms with Crippen molar-refractivity contribution >= 4 is 28.4 Å². The second kappa shape index (κ2) is 8.16. The van der Waals surface area contributed by atoms with E-state index in [9.17, 15) is 4.79 Å². The number of hydrogen-bond acceptors (Lipinski definition) is 5. The van der Waals surface area contributed by atoms with Crippen molar-refractivity contribution in [1.29, 1.82) is 0 Å². The summed E-state index contributed by atoms with van der Waals surface area (Å²) in [5.74, 6) is 1.80. The Hall–Kier alpha value is -2.77. The van der Waals surface area contributed by atoms with Crippen molar-refractivity contribution in [2.24, 2.45) is 0 Å². The molecule has 156 valence electrons. The molecule has 2 aliphatic heterocycles. The van der Waals surface area contributed by atoms with Crippen molar-refractivity contribution in [2.45, 2.75) is 19.5 Å². The van der Waals surface area contributed by atoms with E-state index in [2.05, 4.69) is 16.1 Å². The highest BCUT2D eigenvalue weighted by molar-refractivity contribution is 6.31. The lowest BCUT2D eigenvalue weighted by atomic mass is 10.1. The predicted octanol–water partition coefficient (Wildman–Crippen LogP) is 3.15. The molecule has 8 heteroatoms. The van der Waals surface area contributed by atoms with E-state index in [-0.39, 0.29) is 5.91 Å². The maximum atomic E-state index is 12.7. The first-order valence-corrected chi connectivity index (χ1v) is 10.5. The third-order valence-corrected chi connectivity index (χ3v) is 5.94. The zero-order valence-corrected chi connectivity index (χ0v) is 17.3. The second-order valence-corrected chi connectivity index (χ2v) is 8.10. The molecular formula is C22H23ClN4O3. The summed E-state index contributed by atoms with van der Waals surface area (Å²) in [6, 6.07) is 11.8. The van der Waals surface area contributed by atoms with Crippen LogP contribution >= 0.6 is 11.6 Å². The van der Waals surface area contributed by atoms with Gasteiger partial charge in [-0.3, -0.25) is 14.4 Å². The van der Waals surface area contributed by atoms with Crippen LogP contribution in [0, 0.1) is 0 Å². The summed E-state index contributed by atoms with van der Waals surface area (Å²) in [5.41, 5.74) is 2.20. The van der Waals surface area contributed by atoms with Gasteiger partial charge >= 0.3 is 0 Å². The van der Waals surface area contributed by atoms with Crippen LogP contribution in [0.15, 0.2) is 42.6 Å². The average molecular weight is 427 g/mol. The van der Waals surface area contributed by atoms with Gasteiger partial charge in [-0.25, -0.2) is 0 Å². The normalized spacial score (nSPS) is 16.4. The summed E-state index contributed by atoms with van der Waals surface area (Å²) in [6.45, 7) is 4.94. The first-order valence-electron chi connectivity index (χ1n) is 10.2. The number of carbonyl (C=O) groups is 1. The Balaban J connectivity index is 1.12. The van der Waals surface area contributed by atoms with Crippen molar-refractivity contribution in [3.63, 3.8) is 0 Å². The van der Waals surface area contributed by atoms with E-state index in [0.29, 0.717) is 24.8 Å². The van der Waals surface area contributed by atoms with Crippen LogP contribution in [0.1, 0.15) is 12.0 Å². The lowest BCUT2D eigenvalue weighted by molar-refractivity contribution is -0.133. The van der Waals surface area contributed by atoms with Gasteiger partial charge in [0, 0.05) is 49.6 Å². The molecule has 7 nitrogen and oxygen atoms in total. The van der Waals surface area contributed by atoms with E-state index >= 15 is 0 Å². The highest BCUT2D eigenvalue weighted by Gasteiger charge is 2.22. The quantitative estimate of drug-likeness (QED) is 0.627. The Labute approximate surface area is 179 Å². The Morgan fingerprint density at radius 3 is 2.73 bits per heavy atom. The molecule has 0 bridgehead atoms. The first kappa shape index (κ1) is 19.2. The van der Waals surface area contributed by atoms with Crippen LogP contribution in [0.3, 0.4) is 0 Å². The number of nitrogens with zero attached hydrogens (tertiary/aromatic N) is 4. The van der Waals surface area contributed by atoms with Gasteiger partial charge in [0.15, 0.2) is 11.5 Å². The molecule has 0 aliphatic carbocycles. The van der Waals surface area contributed by atoms with Crippen molar-refractivity contribution in [3.8, 4) is 11.5 Å². The number of hydrogen-bond donors (Lipinski definition) is 0. The van der Waals surface area contributed by atoms with Gasteiger partial charge in [-0.05, 0) is 35.9 Å². The van der Waals surface area contributed by atoms with E-state index < -0.39 is 0 Å². The number of ether oxygens (including phenoxy) is 2. The number of aromatic nitrogens is 2. The summed E-state index contributed by atoms with van der Waals surface area (Å²) in [5, 5.41) is 6.08. The third kappa shape index (κ3) is 3.95. The smallest absolute Gasteiger partial charge is 0.231 e. The summed E-state index contributed by atoms with van der Waals surface area (Å²) in [6.07, 6.45) is 2.24. The summed E-state index contributed by atoms with van der Waals surface area (Å²) < 4.78 is 12.7. The van der Waals surface area contributed by atoms with Gasteiger partial charge in [0.25, 0.3) is 0 Å². The zero-order valence-electron chi connectivity index (χ0n) is 16.6. The van der Waals surface area contributed by atoms with E-state index in [1.165, 1.54) is 5.56 Å². The van der Waals surface area contributed by atoms with Crippen LogP contribution in [0.5, 0.6) is 11.5 Å². The lowest BCUT2D eigenvalue weighted by Gasteiger charge is -2.34.